The molecule has 154 valence electrons. The van der Waals surface area contributed by atoms with Crippen LogP contribution in [0.2, 0.25) is 0 Å². The Kier molecular flexibility index (Phi) is 6.60. The number of hydrogen-bond acceptors (Lipinski definition) is 9. The minimum Gasteiger partial charge on any atom is -0.475 e. The van der Waals surface area contributed by atoms with E-state index in [-0.39, 0.29) is 12.1 Å². The van der Waals surface area contributed by atoms with Crippen molar-refractivity contribution in [2.45, 2.75) is 39.8 Å². The van der Waals surface area contributed by atoms with Gasteiger partial charge in [0.2, 0.25) is 17.6 Å². The summed E-state index contributed by atoms with van der Waals surface area (Å²) in [4.78, 5) is 25.0. The molecule has 1 atom stereocenters. The maximum Gasteiger partial charge on any atom is 0.315 e. The zero-order valence-corrected chi connectivity index (χ0v) is 17.3. The highest BCUT2D eigenvalue weighted by Gasteiger charge is 2.19. The molecule has 0 radical (unpaired) electrons. The van der Waals surface area contributed by atoms with E-state index in [1.54, 1.807) is 31.5 Å². The van der Waals surface area contributed by atoms with Gasteiger partial charge in [-0.2, -0.15) is 4.98 Å². The molecule has 0 saturated heterocycles. The van der Waals surface area contributed by atoms with Crippen LogP contribution in [0.3, 0.4) is 0 Å². The summed E-state index contributed by atoms with van der Waals surface area (Å²) in [7, 11) is 0. The molecule has 3 aromatic rings. The molecule has 0 aliphatic rings. The summed E-state index contributed by atoms with van der Waals surface area (Å²) in [6, 6.07) is 2.77. The van der Waals surface area contributed by atoms with Crippen LogP contribution >= 0.6 is 11.3 Å². The maximum absolute atomic E-state index is 11.6. The number of carbonyl (C=O) groups excluding carboxylic acids is 1. The van der Waals surface area contributed by atoms with Crippen LogP contribution in [-0.4, -0.2) is 38.8 Å². The summed E-state index contributed by atoms with van der Waals surface area (Å²) < 4.78 is 16.5. The smallest absolute Gasteiger partial charge is 0.315 e. The van der Waals surface area contributed by atoms with Gasteiger partial charge in [0.15, 0.2) is 0 Å². The first-order valence-electron chi connectivity index (χ1n) is 9.09. The molecular formula is C18H22N6O4S. The van der Waals surface area contributed by atoms with Gasteiger partial charge in [-0.3, -0.25) is 0 Å². The lowest BCUT2D eigenvalue weighted by Crippen LogP contribution is -2.36. The van der Waals surface area contributed by atoms with E-state index < -0.39 is 6.04 Å². The van der Waals surface area contributed by atoms with Crippen LogP contribution in [0.15, 0.2) is 29.0 Å². The second-order valence-electron chi connectivity index (χ2n) is 6.27. The molecule has 2 amide bonds. The summed E-state index contributed by atoms with van der Waals surface area (Å²) in [5.74, 6) is 1.74. The van der Waals surface area contributed by atoms with Crippen molar-refractivity contribution in [2.75, 3.05) is 6.54 Å². The number of aromatic nitrogens is 4. The highest BCUT2D eigenvalue weighted by atomic mass is 32.1. The Balaban J connectivity index is 1.63. The molecule has 0 saturated carbocycles. The second kappa shape index (κ2) is 9.32. The zero-order valence-electron chi connectivity index (χ0n) is 16.5. The van der Waals surface area contributed by atoms with E-state index in [0.717, 1.165) is 0 Å². The normalized spacial score (nSPS) is 11.9. The van der Waals surface area contributed by atoms with Crippen molar-refractivity contribution in [1.29, 1.82) is 0 Å². The van der Waals surface area contributed by atoms with E-state index in [1.165, 1.54) is 11.3 Å². The highest BCUT2D eigenvalue weighted by molar-refractivity contribution is 7.16. The Morgan fingerprint density at radius 1 is 1.24 bits per heavy atom. The lowest BCUT2D eigenvalue weighted by atomic mass is 10.3. The monoisotopic (exact) mass is 418 g/mol. The third-order valence-electron chi connectivity index (χ3n) is 3.47. The van der Waals surface area contributed by atoms with Crippen LogP contribution in [0.25, 0.3) is 10.7 Å². The van der Waals surface area contributed by atoms with Gasteiger partial charge in [0.05, 0.1) is 23.4 Å². The molecule has 0 spiro atoms. The van der Waals surface area contributed by atoms with Crippen LogP contribution in [-0.2, 0) is 0 Å². The summed E-state index contributed by atoms with van der Waals surface area (Å²) in [6.45, 7) is 7.99. The Morgan fingerprint density at radius 2 is 2.07 bits per heavy atom. The van der Waals surface area contributed by atoms with E-state index in [9.17, 15) is 4.79 Å². The summed E-state index contributed by atoms with van der Waals surface area (Å²) in [5.41, 5.74) is 0. The number of thiazole rings is 1. The fourth-order valence-corrected chi connectivity index (χ4v) is 2.94. The fraction of sp³-hybridized carbons (Fsp3) is 0.389. The summed E-state index contributed by atoms with van der Waals surface area (Å²) >= 11 is 1.27. The Morgan fingerprint density at radius 3 is 2.76 bits per heavy atom. The van der Waals surface area contributed by atoms with E-state index in [4.69, 9.17) is 14.0 Å². The van der Waals surface area contributed by atoms with Crippen LogP contribution in [0.4, 0.5) is 4.79 Å². The van der Waals surface area contributed by atoms with Gasteiger partial charge in [0, 0.05) is 12.6 Å². The quantitative estimate of drug-likeness (QED) is 0.569. The fourth-order valence-electron chi connectivity index (χ4n) is 2.23. The number of nitrogens with one attached hydrogen (secondary N) is 2. The van der Waals surface area contributed by atoms with E-state index in [1.807, 2.05) is 20.8 Å². The Bertz CT molecular complexity index is 940. The van der Waals surface area contributed by atoms with E-state index in [0.29, 0.717) is 40.0 Å². The number of hydrogen-bond donors (Lipinski definition) is 2. The Labute approximate surface area is 171 Å². The van der Waals surface area contributed by atoms with Gasteiger partial charge >= 0.3 is 6.03 Å². The molecular weight excluding hydrogens is 396 g/mol. The van der Waals surface area contributed by atoms with Crippen LogP contribution in [0.1, 0.15) is 39.6 Å². The largest absolute Gasteiger partial charge is 0.475 e. The molecule has 0 aromatic carbocycles. The molecule has 0 fully saturated rings. The van der Waals surface area contributed by atoms with Gasteiger partial charge in [-0.25, -0.2) is 14.8 Å². The van der Waals surface area contributed by atoms with Crippen molar-refractivity contribution < 1.29 is 18.8 Å². The average molecular weight is 418 g/mol. The maximum atomic E-state index is 11.6. The van der Waals surface area contributed by atoms with Gasteiger partial charge in [-0.05, 0) is 33.8 Å². The summed E-state index contributed by atoms with van der Waals surface area (Å²) in [5, 5.41) is 9.73. The molecule has 3 aromatic heterocycles. The van der Waals surface area contributed by atoms with Crippen molar-refractivity contribution in [3.05, 3.63) is 30.4 Å². The molecule has 2 N–H and O–H groups in total. The molecule has 29 heavy (non-hydrogen) atoms. The van der Waals surface area contributed by atoms with Crippen molar-refractivity contribution in [3.8, 4) is 27.5 Å². The molecule has 0 aliphatic carbocycles. The predicted octanol–water partition coefficient (Wildman–Crippen LogP) is 3.55. The predicted molar refractivity (Wildman–Crippen MR) is 106 cm³/mol. The molecule has 1 unspecified atom stereocenters. The van der Waals surface area contributed by atoms with Gasteiger partial charge in [0.1, 0.15) is 11.8 Å². The second-order valence-corrected chi connectivity index (χ2v) is 7.27. The molecule has 10 nitrogen and oxygen atoms in total. The van der Waals surface area contributed by atoms with Crippen molar-refractivity contribution >= 4 is 17.4 Å². The van der Waals surface area contributed by atoms with Gasteiger partial charge in [-0.15, -0.1) is 0 Å². The number of nitrogens with zero attached hydrogens (tertiary/aromatic N) is 4. The third kappa shape index (κ3) is 5.64. The highest BCUT2D eigenvalue weighted by Crippen LogP contribution is 2.32. The minimum absolute atomic E-state index is 0.0505. The van der Waals surface area contributed by atoms with Crippen LogP contribution in [0.5, 0.6) is 16.8 Å². The van der Waals surface area contributed by atoms with Crippen LogP contribution < -0.4 is 20.1 Å². The first-order chi connectivity index (χ1) is 13.9. The molecule has 0 bridgehead atoms. The standard InChI is InChI=1S/C18H22N6O4S/c1-5-19-17(25)22-11(4)16-23-15(24-28-16)13-9-21-18(29-13)27-12-6-7-14(20-8-12)26-10(2)3/h6-11H,5H2,1-4H3,(H2,19,22,25). The SMILES string of the molecule is CCNC(=O)NC(C)c1nc(-c2cnc(Oc3ccc(OC(C)C)nc3)s2)no1. The number of pyridine rings is 1. The van der Waals surface area contributed by atoms with Gasteiger partial charge in [-0.1, -0.05) is 16.5 Å². The molecule has 11 heteroatoms. The first kappa shape index (κ1) is 20.5. The number of rotatable bonds is 8. The van der Waals surface area contributed by atoms with Crippen molar-refractivity contribution in [2.24, 2.45) is 0 Å². The number of amides is 2. The molecule has 0 aliphatic heterocycles. The molecule has 3 rings (SSSR count). The van der Waals surface area contributed by atoms with E-state index in [2.05, 4.69) is 30.7 Å². The third-order valence-corrected chi connectivity index (χ3v) is 4.34. The number of ether oxygens (including phenoxy) is 2. The van der Waals surface area contributed by atoms with Crippen LogP contribution in [0, 0.1) is 0 Å². The van der Waals surface area contributed by atoms with E-state index >= 15 is 0 Å². The number of urea groups is 1. The zero-order chi connectivity index (χ0) is 20.8. The van der Waals surface area contributed by atoms with Gasteiger partial charge < -0.3 is 24.6 Å². The number of carbonyl (C=O) groups is 1. The van der Waals surface area contributed by atoms with Crippen molar-refractivity contribution in [3.63, 3.8) is 0 Å². The lowest BCUT2D eigenvalue weighted by Gasteiger charge is -2.09. The topological polar surface area (TPSA) is 124 Å². The average Bonchev–Trinajstić information content (AvgIpc) is 3.32. The van der Waals surface area contributed by atoms with Gasteiger partial charge in [0.25, 0.3) is 5.19 Å². The van der Waals surface area contributed by atoms with Crippen molar-refractivity contribution in [1.82, 2.24) is 30.7 Å². The Hall–Kier alpha value is -3.21. The summed E-state index contributed by atoms with van der Waals surface area (Å²) in [6.07, 6.45) is 3.22. The molecule has 3 heterocycles. The first-order valence-corrected chi connectivity index (χ1v) is 9.91. The minimum atomic E-state index is -0.427. The lowest BCUT2D eigenvalue weighted by molar-refractivity contribution is 0.232.